The van der Waals surface area contributed by atoms with Crippen molar-refractivity contribution in [1.82, 2.24) is 10.3 Å². The molecular formula is C23H27Cl2F2N5S. The fourth-order valence-electron chi connectivity index (χ4n) is 4.03. The van der Waals surface area contributed by atoms with Gasteiger partial charge in [-0.1, -0.05) is 37.0 Å². The number of nitrogens with one attached hydrogen (secondary N) is 1. The Labute approximate surface area is 208 Å². The summed E-state index contributed by atoms with van der Waals surface area (Å²) in [5.74, 6) is -0.648. The number of hydrazone groups is 1. The van der Waals surface area contributed by atoms with Crippen LogP contribution in [0.3, 0.4) is 0 Å². The molecule has 10 heteroatoms. The Morgan fingerprint density at radius 1 is 1.24 bits per heavy atom. The summed E-state index contributed by atoms with van der Waals surface area (Å²) in [5.41, 5.74) is 8.81. The number of nitrogens with two attached hydrogens (primary N) is 1. The number of halogens is 4. The molecule has 3 N–H and O–H groups in total. The van der Waals surface area contributed by atoms with E-state index in [9.17, 15) is 8.78 Å². The SMILES string of the molecule is CC(C)C[C@H]1CN(c2cc(F)c(C=NNC(N)=S)cc2F)CCN1Cc1cc(Cl)ccc1Cl. The van der Waals surface area contributed by atoms with Gasteiger partial charge in [0.1, 0.15) is 11.6 Å². The minimum absolute atomic E-state index is 0.00737. The third-order valence-electron chi connectivity index (χ3n) is 5.51. The van der Waals surface area contributed by atoms with Crippen LogP contribution in [0.2, 0.25) is 10.0 Å². The van der Waals surface area contributed by atoms with Crippen molar-refractivity contribution in [2.24, 2.45) is 16.8 Å². The number of nitrogens with zero attached hydrogens (tertiary/aromatic N) is 3. The number of hydrogen-bond donors (Lipinski definition) is 2. The number of benzene rings is 2. The Morgan fingerprint density at radius 3 is 2.70 bits per heavy atom. The number of hydrogen-bond acceptors (Lipinski definition) is 4. The topological polar surface area (TPSA) is 56.9 Å². The number of anilines is 1. The molecule has 0 radical (unpaired) electrons. The molecule has 1 heterocycles. The first-order valence-corrected chi connectivity index (χ1v) is 11.8. The number of piperazine rings is 1. The van der Waals surface area contributed by atoms with Crippen LogP contribution in [0.4, 0.5) is 14.5 Å². The van der Waals surface area contributed by atoms with E-state index in [-0.39, 0.29) is 22.4 Å². The molecule has 0 aromatic heterocycles. The minimum Gasteiger partial charge on any atom is -0.375 e. The van der Waals surface area contributed by atoms with Crippen molar-refractivity contribution in [3.05, 3.63) is 63.1 Å². The van der Waals surface area contributed by atoms with Gasteiger partial charge in [-0.05, 0) is 54.4 Å². The van der Waals surface area contributed by atoms with Gasteiger partial charge in [0, 0.05) is 53.9 Å². The lowest BCUT2D eigenvalue weighted by molar-refractivity contribution is 0.147. The third-order valence-corrected chi connectivity index (χ3v) is 6.21. The highest BCUT2D eigenvalue weighted by molar-refractivity contribution is 7.80. The molecule has 1 aliphatic heterocycles. The zero-order chi connectivity index (χ0) is 24.1. The average molecular weight is 514 g/mol. The van der Waals surface area contributed by atoms with E-state index in [1.807, 2.05) is 11.0 Å². The summed E-state index contributed by atoms with van der Waals surface area (Å²) in [5, 5.41) is 4.95. The first-order valence-electron chi connectivity index (χ1n) is 10.6. The van der Waals surface area contributed by atoms with Gasteiger partial charge >= 0.3 is 0 Å². The first-order chi connectivity index (χ1) is 15.6. The summed E-state index contributed by atoms with van der Waals surface area (Å²) < 4.78 is 29.6. The lowest BCUT2D eigenvalue weighted by Gasteiger charge is -2.43. The van der Waals surface area contributed by atoms with E-state index in [2.05, 4.69) is 41.5 Å². The molecule has 0 amide bonds. The molecule has 1 saturated heterocycles. The normalized spacial score (nSPS) is 17.2. The fourth-order valence-corrected chi connectivity index (χ4v) is 4.45. The van der Waals surface area contributed by atoms with Crippen molar-refractivity contribution < 1.29 is 8.78 Å². The zero-order valence-electron chi connectivity index (χ0n) is 18.5. The maximum atomic E-state index is 14.9. The molecule has 0 aliphatic carbocycles. The predicted octanol–water partition coefficient (Wildman–Crippen LogP) is 5.18. The Balaban J connectivity index is 1.79. The van der Waals surface area contributed by atoms with Gasteiger partial charge < -0.3 is 10.6 Å². The maximum Gasteiger partial charge on any atom is 0.184 e. The highest BCUT2D eigenvalue weighted by Crippen LogP contribution is 2.29. The molecule has 3 rings (SSSR count). The van der Waals surface area contributed by atoms with Crippen molar-refractivity contribution in [2.45, 2.75) is 32.9 Å². The smallest absolute Gasteiger partial charge is 0.184 e. The van der Waals surface area contributed by atoms with E-state index >= 15 is 0 Å². The van der Waals surface area contributed by atoms with Crippen molar-refractivity contribution in [1.29, 1.82) is 0 Å². The Morgan fingerprint density at radius 2 is 2.00 bits per heavy atom. The lowest BCUT2D eigenvalue weighted by atomic mass is 9.98. The van der Waals surface area contributed by atoms with E-state index in [4.69, 9.17) is 28.9 Å². The van der Waals surface area contributed by atoms with Crippen LogP contribution < -0.4 is 16.1 Å². The van der Waals surface area contributed by atoms with Crippen LogP contribution in [0.15, 0.2) is 35.4 Å². The molecule has 0 unspecified atom stereocenters. The molecule has 1 fully saturated rings. The summed E-state index contributed by atoms with van der Waals surface area (Å²) >= 11 is 17.2. The van der Waals surface area contributed by atoms with Crippen molar-refractivity contribution >= 4 is 52.4 Å². The Kier molecular flexibility index (Phi) is 8.87. The molecule has 0 spiro atoms. The largest absolute Gasteiger partial charge is 0.375 e. The molecule has 5 nitrogen and oxygen atoms in total. The summed E-state index contributed by atoms with van der Waals surface area (Å²) in [6, 6.07) is 7.94. The second-order valence-corrected chi connectivity index (χ2v) is 9.78. The highest BCUT2D eigenvalue weighted by Gasteiger charge is 2.30. The summed E-state index contributed by atoms with van der Waals surface area (Å²) in [6.45, 7) is 6.76. The number of rotatable bonds is 7. The summed E-state index contributed by atoms with van der Waals surface area (Å²) in [6.07, 6.45) is 2.06. The van der Waals surface area contributed by atoms with Crippen molar-refractivity contribution in [3.63, 3.8) is 0 Å². The molecule has 1 aliphatic rings. The van der Waals surface area contributed by atoms with Gasteiger partial charge in [-0.25, -0.2) is 8.78 Å². The second kappa shape index (κ2) is 11.4. The van der Waals surface area contributed by atoms with E-state index in [0.717, 1.165) is 24.3 Å². The van der Waals surface area contributed by atoms with Crippen LogP contribution in [0.1, 0.15) is 31.4 Å². The maximum absolute atomic E-state index is 14.9. The van der Waals surface area contributed by atoms with Gasteiger partial charge in [-0.15, -0.1) is 0 Å². The minimum atomic E-state index is -0.576. The summed E-state index contributed by atoms with van der Waals surface area (Å²) in [4.78, 5) is 4.24. The molecular weight excluding hydrogens is 487 g/mol. The van der Waals surface area contributed by atoms with Gasteiger partial charge in [-0.3, -0.25) is 10.3 Å². The molecule has 2 aromatic carbocycles. The molecule has 1 atom stereocenters. The summed E-state index contributed by atoms with van der Waals surface area (Å²) in [7, 11) is 0. The molecule has 0 saturated carbocycles. The van der Waals surface area contributed by atoms with E-state index < -0.39 is 11.6 Å². The van der Waals surface area contributed by atoms with E-state index in [1.165, 1.54) is 6.07 Å². The Hall–Kier alpha value is -2.00. The Bertz CT molecular complexity index is 1030. The lowest BCUT2D eigenvalue weighted by Crippen LogP contribution is -2.53. The van der Waals surface area contributed by atoms with E-state index in [0.29, 0.717) is 42.1 Å². The van der Waals surface area contributed by atoms with Crippen LogP contribution in [-0.4, -0.2) is 41.9 Å². The third kappa shape index (κ3) is 6.99. The quantitative estimate of drug-likeness (QED) is 0.303. The van der Waals surface area contributed by atoms with Crippen LogP contribution in [0.5, 0.6) is 0 Å². The predicted molar refractivity (Wildman–Crippen MR) is 136 cm³/mol. The molecule has 0 bridgehead atoms. The van der Waals surface area contributed by atoms with Gasteiger partial charge in [0.05, 0.1) is 11.9 Å². The van der Waals surface area contributed by atoms with Gasteiger partial charge in [0.2, 0.25) is 0 Å². The first kappa shape index (κ1) is 25.6. The number of thiocarbonyl (C=S) groups is 1. The van der Waals surface area contributed by atoms with Gasteiger partial charge in [-0.2, -0.15) is 5.10 Å². The fraction of sp³-hybridized carbons (Fsp3) is 0.391. The monoisotopic (exact) mass is 513 g/mol. The zero-order valence-corrected chi connectivity index (χ0v) is 20.8. The molecule has 33 heavy (non-hydrogen) atoms. The second-order valence-electron chi connectivity index (χ2n) is 8.49. The standard InChI is InChI=1S/C23H27Cl2F2N5S/c1-14(2)7-18-13-32(6-5-31(18)12-16-8-17(24)3-4-19(16)25)22-10-20(26)15(9-21(22)27)11-29-30-23(28)33/h3-4,8-11,14,18H,5-7,12-13H2,1-2H3,(H3,28,30,33)/t18-/m0/s1. The molecule has 2 aromatic rings. The average Bonchev–Trinajstić information content (AvgIpc) is 2.73. The van der Waals surface area contributed by atoms with Crippen LogP contribution in [0.25, 0.3) is 0 Å². The van der Waals surface area contributed by atoms with Gasteiger partial charge in [0.25, 0.3) is 0 Å². The van der Waals surface area contributed by atoms with Gasteiger partial charge in [0.15, 0.2) is 5.11 Å². The highest BCUT2D eigenvalue weighted by atomic mass is 35.5. The van der Waals surface area contributed by atoms with Crippen LogP contribution >= 0.6 is 35.4 Å². The van der Waals surface area contributed by atoms with E-state index in [1.54, 1.807) is 12.1 Å². The van der Waals surface area contributed by atoms with Crippen molar-refractivity contribution in [2.75, 3.05) is 24.5 Å². The van der Waals surface area contributed by atoms with Crippen LogP contribution in [-0.2, 0) is 6.54 Å². The molecule has 178 valence electrons. The van der Waals surface area contributed by atoms with Crippen molar-refractivity contribution in [3.8, 4) is 0 Å². The van der Waals surface area contributed by atoms with Crippen LogP contribution in [0, 0.1) is 17.6 Å².